The van der Waals surface area contributed by atoms with Crippen LogP contribution in [-0.2, 0) is 0 Å². The second kappa shape index (κ2) is 5.70. The summed E-state index contributed by atoms with van der Waals surface area (Å²) in [7, 11) is 0. The molecule has 1 aromatic rings. The Balaban J connectivity index is 2.96. The van der Waals surface area contributed by atoms with Crippen molar-refractivity contribution in [2.24, 2.45) is 0 Å². The van der Waals surface area contributed by atoms with Crippen molar-refractivity contribution < 1.29 is 4.79 Å². The summed E-state index contributed by atoms with van der Waals surface area (Å²) in [6, 6.07) is 4.88. The first-order valence-electron chi connectivity index (χ1n) is 3.89. The van der Waals surface area contributed by atoms with Crippen molar-refractivity contribution in [3.63, 3.8) is 0 Å². The number of hydrogen-bond acceptors (Lipinski definition) is 3. The van der Waals surface area contributed by atoms with Gasteiger partial charge in [0, 0.05) is 0 Å². The summed E-state index contributed by atoms with van der Waals surface area (Å²) >= 11 is 17.8. The molecule has 0 aliphatic rings. The molecule has 0 saturated carbocycles. The minimum Gasteiger partial charge on any atom is -0.307 e. The van der Waals surface area contributed by atoms with Gasteiger partial charge in [0.2, 0.25) is 0 Å². The lowest BCUT2D eigenvalue weighted by molar-refractivity contribution is 0.0979. The number of thioether (sulfide) groups is 1. The van der Waals surface area contributed by atoms with Crippen LogP contribution in [0.25, 0.3) is 0 Å². The van der Waals surface area contributed by atoms with Crippen molar-refractivity contribution in [3.8, 4) is 0 Å². The lowest BCUT2D eigenvalue weighted by Gasteiger charge is -2.07. The fraction of sp³-hybridized carbons (Fsp3) is 0.111. The van der Waals surface area contributed by atoms with Crippen molar-refractivity contribution in [2.75, 3.05) is 6.26 Å². The normalized spacial score (nSPS) is 9.80. The predicted octanol–water partition coefficient (Wildman–Crippen LogP) is 3.37. The van der Waals surface area contributed by atoms with Crippen LogP contribution in [0.15, 0.2) is 18.2 Å². The number of amides is 1. The summed E-state index contributed by atoms with van der Waals surface area (Å²) in [6.45, 7) is 0. The van der Waals surface area contributed by atoms with Gasteiger partial charge in [0.05, 0.1) is 15.6 Å². The van der Waals surface area contributed by atoms with E-state index in [4.69, 9.17) is 35.4 Å². The molecule has 0 bridgehead atoms. The van der Waals surface area contributed by atoms with Gasteiger partial charge < -0.3 is 5.32 Å². The zero-order chi connectivity index (χ0) is 11.4. The Morgan fingerprint density at radius 2 is 1.93 bits per heavy atom. The predicted molar refractivity (Wildman–Crippen MR) is 70.0 cm³/mol. The van der Waals surface area contributed by atoms with Crippen LogP contribution in [0.5, 0.6) is 0 Å². The molecule has 1 amide bonds. The van der Waals surface area contributed by atoms with E-state index in [1.54, 1.807) is 24.5 Å². The van der Waals surface area contributed by atoms with Gasteiger partial charge in [-0.2, -0.15) is 0 Å². The van der Waals surface area contributed by atoms with Gasteiger partial charge in [-0.25, -0.2) is 0 Å². The second-order valence-electron chi connectivity index (χ2n) is 2.54. The number of carbonyl (C=O) groups excluding carboxylic acids is 1. The molecule has 6 heteroatoms. The molecule has 0 atom stereocenters. The molecule has 15 heavy (non-hydrogen) atoms. The van der Waals surface area contributed by atoms with Gasteiger partial charge in [-0.3, -0.25) is 4.79 Å². The molecule has 0 saturated heterocycles. The maximum absolute atomic E-state index is 11.7. The fourth-order valence-corrected chi connectivity index (χ4v) is 1.78. The zero-order valence-electron chi connectivity index (χ0n) is 7.71. The van der Waals surface area contributed by atoms with Crippen LogP contribution < -0.4 is 5.32 Å². The fourth-order valence-electron chi connectivity index (χ4n) is 0.921. The summed E-state index contributed by atoms with van der Waals surface area (Å²) in [5, 5.41) is 3.13. The number of nitrogens with one attached hydrogen (secondary N) is 1. The average molecular weight is 280 g/mol. The van der Waals surface area contributed by atoms with E-state index >= 15 is 0 Å². The van der Waals surface area contributed by atoms with E-state index in [0.717, 1.165) is 0 Å². The van der Waals surface area contributed by atoms with E-state index in [1.807, 2.05) is 0 Å². The molecular formula is C9H7Cl2NOS2. The molecule has 0 aliphatic heterocycles. The van der Waals surface area contributed by atoms with Gasteiger partial charge in [0.15, 0.2) is 0 Å². The highest BCUT2D eigenvalue weighted by atomic mass is 35.5. The third-order valence-electron chi connectivity index (χ3n) is 1.59. The Hall–Kier alpha value is -0.290. The van der Waals surface area contributed by atoms with Crippen LogP contribution in [0, 0.1) is 0 Å². The molecule has 0 unspecified atom stereocenters. The number of hydrogen-bond donors (Lipinski definition) is 1. The smallest absolute Gasteiger partial charge is 0.259 e. The van der Waals surface area contributed by atoms with Crippen LogP contribution in [0.2, 0.25) is 10.0 Å². The van der Waals surface area contributed by atoms with Crippen LogP contribution in [0.3, 0.4) is 0 Å². The molecule has 0 aromatic heterocycles. The Labute approximate surface area is 107 Å². The molecule has 2 nitrogen and oxygen atoms in total. The first-order valence-corrected chi connectivity index (χ1v) is 6.28. The van der Waals surface area contributed by atoms with Crippen LogP contribution >= 0.6 is 47.2 Å². The van der Waals surface area contributed by atoms with Gasteiger partial charge in [-0.05, 0) is 18.4 Å². The Morgan fingerprint density at radius 3 is 2.40 bits per heavy atom. The summed E-state index contributed by atoms with van der Waals surface area (Å²) in [5.74, 6) is -0.384. The summed E-state index contributed by atoms with van der Waals surface area (Å²) in [6.07, 6.45) is 1.77. The molecule has 0 radical (unpaired) electrons. The third kappa shape index (κ3) is 3.34. The zero-order valence-corrected chi connectivity index (χ0v) is 10.9. The quantitative estimate of drug-likeness (QED) is 0.800. The van der Waals surface area contributed by atoms with Crippen LogP contribution in [0.4, 0.5) is 0 Å². The second-order valence-corrected chi connectivity index (χ2v) is 4.84. The van der Waals surface area contributed by atoms with E-state index in [1.165, 1.54) is 11.8 Å². The highest BCUT2D eigenvalue weighted by Crippen LogP contribution is 2.24. The van der Waals surface area contributed by atoms with Gasteiger partial charge >= 0.3 is 0 Å². The molecule has 0 aliphatic carbocycles. The molecule has 1 N–H and O–H groups in total. The van der Waals surface area contributed by atoms with E-state index in [9.17, 15) is 4.79 Å². The number of thiocarbonyl (C=S) groups is 1. The van der Waals surface area contributed by atoms with E-state index in [-0.39, 0.29) is 11.5 Å². The van der Waals surface area contributed by atoms with E-state index in [0.29, 0.717) is 14.4 Å². The highest BCUT2D eigenvalue weighted by molar-refractivity contribution is 8.22. The van der Waals surface area contributed by atoms with Gasteiger partial charge in [-0.15, -0.1) is 11.8 Å². The molecule has 0 fully saturated rings. The lowest BCUT2D eigenvalue weighted by atomic mass is 10.2. The first kappa shape index (κ1) is 12.8. The van der Waals surface area contributed by atoms with Crippen molar-refractivity contribution in [2.45, 2.75) is 0 Å². The summed E-state index contributed by atoms with van der Waals surface area (Å²) in [4.78, 5) is 11.7. The maximum Gasteiger partial charge on any atom is 0.259 e. The van der Waals surface area contributed by atoms with Crippen LogP contribution in [0.1, 0.15) is 10.4 Å². The Morgan fingerprint density at radius 1 is 1.40 bits per heavy atom. The van der Waals surface area contributed by atoms with Gasteiger partial charge in [0.1, 0.15) is 4.32 Å². The molecule has 1 aromatic carbocycles. The lowest BCUT2D eigenvalue weighted by Crippen LogP contribution is -2.27. The van der Waals surface area contributed by atoms with Gasteiger partial charge in [-0.1, -0.05) is 41.5 Å². The minimum absolute atomic E-state index is 0.247. The van der Waals surface area contributed by atoms with E-state index in [2.05, 4.69) is 5.32 Å². The van der Waals surface area contributed by atoms with Gasteiger partial charge in [0.25, 0.3) is 5.91 Å². The number of carbonyl (C=O) groups is 1. The average Bonchev–Trinajstić information content (AvgIpc) is 2.17. The van der Waals surface area contributed by atoms with Crippen molar-refractivity contribution in [1.29, 1.82) is 0 Å². The Bertz CT molecular complexity index is 389. The summed E-state index contributed by atoms with van der Waals surface area (Å²) in [5.41, 5.74) is 0.247. The first-order chi connectivity index (χ1) is 7.06. The standard InChI is InChI=1S/C9H7Cl2NOS2/c1-15-9(14)12-8(13)7-5(10)3-2-4-6(7)11/h2-4H,1H3,(H,12,13,14). The topological polar surface area (TPSA) is 29.1 Å². The largest absolute Gasteiger partial charge is 0.307 e. The number of halogens is 2. The minimum atomic E-state index is -0.384. The van der Waals surface area contributed by atoms with Crippen LogP contribution in [-0.4, -0.2) is 16.5 Å². The molecule has 80 valence electrons. The van der Waals surface area contributed by atoms with Crippen molar-refractivity contribution in [1.82, 2.24) is 5.32 Å². The van der Waals surface area contributed by atoms with E-state index < -0.39 is 0 Å². The number of benzene rings is 1. The maximum atomic E-state index is 11.7. The third-order valence-corrected chi connectivity index (χ3v) is 3.30. The Kier molecular flexibility index (Phi) is 4.86. The molecule has 0 spiro atoms. The summed E-state index contributed by atoms with van der Waals surface area (Å²) < 4.78 is 0.385. The molecular weight excluding hydrogens is 273 g/mol. The highest BCUT2D eigenvalue weighted by Gasteiger charge is 2.14. The van der Waals surface area contributed by atoms with Crippen molar-refractivity contribution in [3.05, 3.63) is 33.8 Å². The number of rotatable bonds is 1. The van der Waals surface area contributed by atoms with Crippen molar-refractivity contribution >= 4 is 57.4 Å². The monoisotopic (exact) mass is 279 g/mol. The molecule has 0 heterocycles. The molecule has 1 rings (SSSR count). The SMILES string of the molecule is CSC(=S)NC(=O)c1c(Cl)cccc1Cl.